The van der Waals surface area contributed by atoms with E-state index in [0.717, 1.165) is 67.9 Å². The Morgan fingerprint density at radius 2 is 0.759 bits per heavy atom. The van der Waals surface area contributed by atoms with Gasteiger partial charge in [0.1, 0.15) is 11.5 Å². The number of hydrogen-bond acceptors (Lipinski definition) is 4. The van der Waals surface area contributed by atoms with E-state index in [1.54, 1.807) is 14.2 Å². The van der Waals surface area contributed by atoms with Gasteiger partial charge in [-0.15, -0.1) is 0 Å². The molecule has 0 aliphatic heterocycles. The van der Waals surface area contributed by atoms with E-state index in [0.29, 0.717) is 0 Å². The molecule has 0 bridgehead atoms. The van der Waals surface area contributed by atoms with Crippen molar-refractivity contribution in [2.45, 2.75) is 13.8 Å². The first-order chi connectivity index (χ1) is 26.5. The van der Waals surface area contributed by atoms with Crippen molar-refractivity contribution < 1.29 is 9.47 Å². The summed E-state index contributed by atoms with van der Waals surface area (Å²) in [6.07, 6.45) is 8.39. The maximum absolute atomic E-state index is 6.00. The van der Waals surface area contributed by atoms with E-state index in [1.165, 1.54) is 11.1 Å². The van der Waals surface area contributed by atoms with Crippen LogP contribution in [0.15, 0.2) is 170 Å². The van der Waals surface area contributed by atoms with Gasteiger partial charge in [-0.1, -0.05) is 109 Å². The summed E-state index contributed by atoms with van der Waals surface area (Å²) in [4.78, 5) is 4.56. The smallest absolute Gasteiger partial charge is 0.133 e. The van der Waals surface area contributed by atoms with E-state index in [-0.39, 0.29) is 0 Å². The van der Waals surface area contributed by atoms with Crippen molar-refractivity contribution in [2.75, 3.05) is 24.0 Å². The lowest BCUT2D eigenvalue weighted by Crippen LogP contribution is -2.09. The van der Waals surface area contributed by atoms with Crippen LogP contribution in [0, 0.1) is 13.8 Å². The number of anilines is 6. The van der Waals surface area contributed by atoms with E-state index < -0.39 is 0 Å². The molecule has 4 heteroatoms. The third kappa shape index (κ3) is 8.30. The molecule has 0 radical (unpaired) electrons. The summed E-state index contributed by atoms with van der Waals surface area (Å²) in [5, 5.41) is 0. The third-order valence-corrected chi connectivity index (χ3v) is 9.32. The molecule has 0 aliphatic carbocycles. The molecular formula is C50H44N2O2. The van der Waals surface area contributed by atoms with Gasteiger partial charge >= 0.3 is 0 Å². The number of para-hydroxylation sites is 2. The highest BCUT2D eigenvalue weighted by molar-refractivity contribution is 5.83. The summed E-state index contributed by atoms with van der Waals surface area (Å²) in [5.74, 6) is 1.54. The fourth-order valence-corrected chi connectivity index (χ4v) is 6.67. The average Bonchev–Trinajstić information content (AvgIpc) is 3.21. The van der Waals surface area contributed by atoms with Crippen molar-refractivity contribution in [3.05, 3.63) is 203 Å². The van der Waals surface area contributed by atoms with Crippen molar-refractivity contribution in [2.24, 2.45) is 0 Å². The molecule has 0 saturated carbocycles. The molecule has 7 aromatic carbocycles. The Morgan fingerprint density at radius 3 is 1.13 bits per heavy atom. The van der Waals surface area contributed by atoms with E-state index in [9.17, 15) is 0 Å². The van der Waals surface area contributed by atoms with Crippen LogP contribution in [0.25, 0.3) is 24.3 Å². The quantitative estimate of drug-likeness (QED) is 0.118. The zero-order valence-electron chi connectivity index (χ0n) is 31.2. The second kappa shape index (κ2) is 16.7. The van der Waals surface area contributed by atoms with Crippen LogP contribution in [-0.4, -0.2) is 14.2 Å². The first-order valence-corrected chi connectivity index (χ1v) is 18.1. The van der Waals surface area contributed by atoms with Gasteiger partial charge in [-0.3, -0.25) is 0 Å². The largest absolute Gasteiger partial charge is 0.497 e. The highest BCUT2D eigenvalue weighted by atomic mass is 16.5. The van der Waals surface area contributed by atoms with Gasteiger partial charge in [0.2, 0.25) is 0 Å². The highest BCUT2D eigenvalue weighted by Crippen LogP contribution is 2.37. The Kier molecular flexibility index (Phi) is 11.0. The molecular weight excluding hydrogens is 661 g/mol. The molecule has 0 aromatic heterocycles. The maximum Gasteiger partial charge on any atom is 0.133 e. The zero-order chi connectivity index (χ0) is 37.3. The number of aryl methyl sites for hydroxylation is 2. The molecule has 266 valence electrons. The van der Waals surface area contributed by atoms with E-state index in [2.05, 4.69) is 194 Å². The van der Waals surface area contributed by atoms with Gasteiger partial charge in [-0.25, -0.2) is 0 Å². The van der Waals surface area contributed by atoms with E-state index in [4.69, 9.17) is 9.47 Å². The van der Waals surface area contributed by atoms with Crippen molar-refractivity contribution in [3.63, 3.8) is 0 Å². The Labute approximate surface area is 319 Å². The molecule has 0 spiro atoms. The minimum Gasteiger partial charge on any atom is -0.497 e. The normalized spacial score (nSPS) is 11.2. The van der Waals surface area contributed by atoms with Gasteiger partial charge in [0.05, 0.1) is 14.2 Å². The van der Waals surface area contributed by atoms with Gasteiger partial charge in [-0.05, 0) is 121 Å². The maximum atomic E-state index is 6.00. The summed E-state index contributed by atoms with van der Waals surface area (Å²) in [6, 6.07) is 59.4. The number of benzene rings is 7. The molecule has 0 unspecified atom stereocenters. The lowest BCUT2D eigenvalue weighted by molar-refractivity contribution is 0.401. The molecule has 7 rings (SSSR count). The van der Waals surface area contributed by atoms with Crippen LogP contribution in [0.1, 0.15) is 33.4 Å². The Bertz CT molecular complexity index is 2200. The number of methoxy groups -OCH3 is 2. The summed E-state index contributed by atoms with van der Waals surface area (Å²) in [7, 11) is 3.41. The standard InChI is InChI=1S/C50H44N2O2/c1-37-13-11-19-47(33-37)51(43-15-7-5-8-16-43)45-29-23-39(24-30-45)21-27-41-35-49(53-3)36-42(50(41)54-4)28-22-40-25-31-46(32-26-40)52(44-17-9-6-10-18-44)48-20-12-14-38(2)34-48/h5-36H,1-4H3/b27-21+,28-22+. The molecule has 0 amide bonds. The van der Waals surface area contributed by atoms with Crippen molar-refractivity contribution in [1.29, 1.82) is 0 Å². The van der Waals surface area contributed by atoms with Crippen LogP contribution < -0.4 is 19.3 Å². The van der Waals surface area contributed by atoms with Gasteiger partial charge in [0.15, 0.2) is 0 Å². The fraction of sp³-hybridized carbons (Fsp3) is 0.0800. The van der Waals surface area contributed by atoms with Crippen LogP contribution in [0.3, 0.4) is 0 Å². The fourth-order valence-electron chi connectivity index (χ4n) is 6.67. The third-order valence-electron chi connectivity index (χ3n) is 9.32. The number of hydrogen-bond donors (Lipinski definition) is 0. The van der Waals surface area contributed by atoms with Gasteiger partial charge < -0.3 is 19.3 Å². The average molecular weight is 705 g/mol. The SMILES string of the molecule is COc1cc(/C=C/c2ccc(N(c3ccccc3)c3cccc(C)c3)cc2)c(OC)c(/C=C/c2ccc(N(c3ccccc3)c3cccc(C)c3)cc2)c1. The molecule has 0 aliphatic rings. The van der Waals surface area contributed by atoms with Crippen LogP contribution in [-0.2, 0) is 0 Å². The summed E-state index contributed by atoms with van der Waals surface area (Å²) in [6.45, 7) is 4.25. The summed E-state index contributed by atoms with van der Waals surface area (Å²) in [5.41, 5.74) is 13.1. The first-order valence-electron chi connectivity index (χ1n) is 18.1. The predicted molar refractivity (Wildman–Crippen MR) is 229 cm³/mol. The van der Waals surface area contributed by atoms with Crippen LogP contribution >= 0.6 is 0 Å². The molecule has 0 N–H and O–H groups in total. The number of ether oxygens (including phenoxy) is 2. The predicted octanol–water partition coefficient (Wildman–Crippen LogP) is 13.6. The Morgan fingerprint density at radius 1 is 0.370 bits per heavy atom. The minimum atomic E-state index is 0.758. The van der Waals surface area contributed by atoms with Crippen molar-refractivity contribution in [1.82, 2.24) is 0 Å². The van der Waals surface area contributed by atoms with Crippen LogP contribution in [0.4, 0.5) is 34.1 Å². The zero-order valence-corrected chi connectivity index (χ0v) is 31.2. The second-order valence-corrected chi connectivity index (χ2v) is 13.2. The van der Waals surface area contributed by atoms with Crippen molar-refractivity contribution >= 4 is 58.4 Å². The Balaban J connectivity index is 1.14. The lowest BCUT2D eigenvalue weighted by Gasteiger charge is -2.25. The first kappa shape index (κ1) is 35.6. The van der Waals surface area contributed by atoms with Gasteiger partial charge in [0, 0.05) is 45.3 Å². The Hall–Kier alpha value is -6.78. The molecule has 0 atom stereocenters. The van der Waals surface area contributed by atoms with Crippen molar-refractivity contribution in [3.8, 4) is 11.5 Å². The molecule has 54 heavy (non-hydrogen) atoms. The molecule has 4 nitrogen and oxygen atoms in total. The summed E-state index contributed by atoms with van der Waals surface area (Å²) >= 11 is 0. The highest BCUT2D eigenvalue weighted by Gasteiger charge is 2.14. The van der Waals surface area contributed by atoms with E-state index in [1.807, 2.05) is 24.3 Å². The van der Waals surface area contributed by atoms with E-state index >= 15 is 0 Å². The molecule has 0 fully saturated rings. The monoisotopic (exact) mass is 704 g/mol. The van der Waals surface area contributed by atoms with Crippen LogP contribution in [0.5, 0.6) is 11.5 Å². The lowest BCUT2D eigenvalue weighted by atomic mass is 10.0. The minimum absolute atomic E-state index is 0.758. The molecule has 0 heterocycles. The van der Waals surface area contributed by atoms with Crippen LogP contribution in [0.2, 0.25) is 0 Å². The second-order valence-electron chi connectivity index (χ2n) is 13.2. The van der Waals surface area contributed by atoms with Gasteiger partial charge in [-0.2, -0.15) is 0 Å². The molecule has 0 saturated heterocycles. The molecule has 7 aromatic rings. The summed E-state index contributed by atoms with van der Waals surface area (Å²) < 4.78 is 11.7. The number of rotatable bonds is 12. The topological polar surface area (TPSA) is 24.9 Å². The van der Waals surface area contributed by atoms with Gasteiger partial charge in [0.25, 0.3) is 0 Å². The number of nitrogens with zero attached hydrogens (tertiary/aromatic N) is 2.